The Bertz CT molecular complexity index is 828. The van der Waals surface area contributed by atoms with Gasteiger partial charge in [-0.05, 0) is 38.4 Å². The van der Waals surface area contributed by atoms with E-state index in [9.17, 15) is 14.4 Å². The number of nitrogens with one attached hydrogen (secondary N) is 2. The monoisotopic (exact) mass is 413 g/mol. The zero-order chi connectivity index (χ0) is 21.3. The first-order valence-corrected chi connectivity index (χ1v) is 11.0. The molecule has 0 bridgehead atoms. The maximum Gasteiger partial charge on any atom is 0.325 e. The van der Waals surface area contributed by atoms with E-state index in [0.717, 1.165) is 56.2 Å². The number of imide groups is 1. The smallest absolute Gasteiger partial charge is 0.325 e. The van der Waals surface area contributed by atoms with Crippen molar-refractivity contribution in [3.8, 4) is 0 Å². The van der Waals surface area contributed by atoms with Crippen molar-refractivity contribution >= 4 is 29.2 Å². The van der Waals surface area contributed by atoms with Crippen LogP contribution in [0.3, 0.4) is 0 Å². The number of carbonyl (C=O) groups excluding carboxylic acids is 3. The average molecular weight is 414 g/mol. The topological polar surface area (TPSA) is 85.0 Å². The zero-order valence-electron chi connectivity index (χ0n) is 17.8. The Balaban J connectivity index is 1.47. The van der Waals surface area contributed by atoms with Gasteiger partial charge in [-0.2, -0.15) is 0 Å². The average Bonchev–Trinajstić information content (AvgIpc) is 3.32. The van der Waals surface area contributed by atoms with E-state index >= 15 is 0 Å². The van der Waals surface area contributed by atoms with Gasteiger partial charge in [0.05, 0.1) is 11.4 Å². The lowest BCUT2D eigenvalue weighted by atomic mass is 9.97. The number of amides is 4. The molecule has 1 aromatic carbocycles. The summed E-state index contributed by atoms with van der Waals surface area (Å²) in [5, 5.41) is 5.81. The maximum atomic E-state index is 13.0. The van der Waals surface area contributed by atoms with Crippen molar-refractivity contribution < 1.29 is 14.4 Å². The van der Waals surface area contributed by atoms with Gasteiger partial charge >= 0.3 is 6.03 Å². The van der Waals surface area contributed by atoms with Crippen molar-refractivity contribution in [3.63, 3.8) is 0 Å². The Labute approximate surface area is 177 Å². The summed E-state index contributed by atoms with van der Waals surface area (Å²) < 4.78 is 0. The quantitative estimate of drug-likeness (QED) is 0.722. The Hall–Kier alpha value is -2.61. The van der Waals surface area contributed by atoms with E-state index in [4.69, 9.17) is 0 Å². The summed E-state index contributed by atoms with van der Waals surface area (Å²) >= 11 is 0. The van der Waals surface area contributed by atoms with Crippen molar-refractivity contribution in [2.45, 2.75) is 51.1 Å². The minimum atomic E-state index is -0.873. The van der Waals surface area contributed by atoms with Crippen LogP contribution in [-0.2, 0) is 9.59 Å². The molecule has 3 fully saturated rings. The Morgan fingerprint density at radius 3 is 2.47 bits per heavy atom. The highest BCUT2D eigenvalue weighted by Crippen LogP contribution is 2.36. The second-order valence-electron chi connectivity index (χ2n) is 8.50. The van der Waals surface area contributed by atoms with Gasteiger partial charge in [-0.15, -0.1) is 0 Å². The number of rotatable bonds is 5. The predicted octanol–water partition coefficient (Wildman–Crippen LogP) is 2.02. The first kappa shape index (κ1) is 20.7. The molecule has 1 saturated carbocycles. The largest absolute Gasteiger partial charge is 0.367 e. The van der Waals surface area contributed by atoms with Crippen LogP contribution in [0.4, 0.5) is 16.2 Å². The normalized spacial score (nSPS) is 22.5. The van der Waals surface area contributed by atoms with Crippen LogP contribution in [0.25, 0.3) is 0 Å². The number of nitrogens with zero attached hydrogens (tertiary/aromatic N) is 3. The van der Waals surface area contributed by atoms with Crippen molar-refractivity contribution in [3.05, 3.63) is 24.3 Å². The molecule has 0 aromatic heterocycles. The molecule has 1 unspecified atom stereocenters. The minimum absolute atomic E-state index is 0.267. The van der Waals surface area contributed by atoms with Crippen LogP contribution < -0.4 is 15.5 Å². The molecule has 4 rings (SSSR count). The number of hydrogen-bond donors (Lipinski definition) is 2. The third-order valence-electron chi connectivity index (χ3n) is 6.74. The summed E-state index contributed by atoms with van der Waals surface area (Å²) in [7, 11) is 0. The number of benzene rings is 1. The number of likely N-dealkylation sites (N-methyl/N-ethyl adjacent to an activating group) is 1. The van der Waals surface area contributed by atoms with E-state index in [-0.39, 0.29) is 11.8 Å². The molecule has 162 valence electrons. The molecule has 2 N–H and O–H groups in total. The van der Waals surface area contributed by atoms with Crippen LogP contribution in [0.5, 0.6) is 0 Å². The standard InChI is InChI=1S/C22H31N5O3/c1-3-25-12-14-26(15-13-25)18-9-5-4-8-17(18)23-19(28)16(2)27-20(29)22(24-21(27)30)10-6-7-11-22/h4-5,8-9,16H,3,6-7,10-15H2,1-2H3,(H,23,28)(H,24,30). The van der Waals surface area contributed by atoms with Gasteiger partial charge in [0.25, 0.3) is 5.91 Å². The molecule has 3 aliphatic rings. The molecule has 8 heteroatoms. The lowest BCUT2D eigenvalue weighted by Crippen LogP contribution is -2.48. The third kappa shape index (κ3) is 3.64. The molecule has 4 amide bonds. The maximum absolute atomic E-state index is 13.0. The van der Waals surface area contributed by atoms with Crippen molar-refractivity contribution in [2.75, 3.05) is 42.9 Å². The first-order valence-electron chi connectivity index (χ1n) is 11.0. The Morgan fingerprint density at radius 2 is 1.80 bits per heavy atom. The van der Waals surface area contributed by atoms with Crippen molar-refractivity contribution in [1.82, 2.24) is 15.1 Å². The van der Waals surface area contributed by atoms with Gasteiger partial charge in [0, 0.05) is 26.2 Å². The van der Waals surface area contributed by atoms with Gasteiger partial charge in [-0.25, -0.2) is 9.69 Å². The van der Waals surface area contributed by atoms with E-state index in [2.05, 4.69) is 27.4 Å². The highest BCUT2D eigenvalue weighted by atomic mass is 16.2. The van der Waals surface area contributed by atoms with Gasteiger partial charge in [0.1, 0.15) is 11.6 Å². The molecule has 8 nitrogen and oxygen atoms in total. The van der Waals surface area contributed by atoms with Crippen LogP contribution in [0.2, 0.25) is 0 Å². The molecular weight excluding hydrogens is 382 g/mol. The summed E-state index contributed by atoms with van der Waals surface area (Å²) in [5.41, 5.74) is 0.878. The third-order valence-corrected chi connectivity index (χ3v) is 6.74. The molecule has 1 aliphatic carbocycles. The molecule has 0 radical (unpaired) electrons. The molecule has 2 saturated heterocycles. The fourth-order valence-electron chi connectivity index (χ4n) is 4.82. The summed E-state index contributed by atoms with van der Waals surface area (Å²) in [6, 6.07) is 6.38. The van der Waals surface area contributed by atoms with Crippen LogP contribution in [0, 0.1) is 0 Å². The van der Waals surface area contributed by atoms with Crippen molar-refractivity contribution in [1.29, 1.82) is 0 Å². The van der Waals surface area contributed by atoms with Crippen LogP contribution in [0.15, 0.2) is 24.3 Å². The van der Waals surface area contributed by atoms with E-state index in [1.54, 1.807) is 6.92 Å². The molecule has 1 aromatic rings. The highest BCUT2D eigenvalue weighted by molar-refractivity contribution is 6.11. The lowest BCUT2D eigenvalue weighted by molar-refractivity contribution is -0.136. The molecule has 1 atom stereocenters. The summed E-state index contributed by atoms with van der Waals surface area (Å²) in [4.78, 5) is 44.3. The molecule has 1 spiro atoms. The van der Waals surface area contributed by atoms with Gasteiger partial charge < -0.3 is 20.4 Å². The second-order valence-corrected chi connectivity index (χ2v) is 8.50. The van der Waals surface area contributed by atoms with Gasteiger partial charge in [0.15, 0.2) is 0 Å². The van der Waals surface area contributed by atoms with E-state index in [1.807, 2.05) is 24.3 Å². The fourth-order valence-corrected chi connectivity index (χ4v) is 4.82. The number of urea groups is 1. The van der Waals surface area contributed by atoms with Gasteiger partial charge in [-0.3, -0.25) is 9.59 Å². The number of piperazine rings is 1. The van der Waals surface area contributed by atoms with Crippen LogP contribution >= 0.6 is 0 Å². The molecule has 2 aliphatic heterocycles. The SMILES string of the molecule is CCN1CCN(c2ccccc2NC(=O)C(C)N2C(=O)NC3(CCCC3)C2=O)CC1. The number of anilines is 2. The van der Waals surface area contributed by atoms with Gasteiger partial charge in [0.2, 0.25) is 5.91 Å². The summed E-state index contributed by atoms with van der Waals surface area (Å²) in [5.74, 6) is -0.621. The van der Waals surface area contributed by atoms with Crippen LogP contribution in [0.1, 0.15) is 39.5 Å². The second kappa shape index (κ2) is 8.26. The number of carbonyl (C=O) groups is 3. The first-order chi connectivity index (χ1) is 14.4. The summed E-state index contributed by atoms with van der Waals surface area (Å²) in [6.45, 7) is 8.58. The Kier molecular flexibility index (Phi) is 5.69. The number of hydrogen-bond acceptors (Lipinski definition) is 5. The predicted molar refractivity (Wildman–Crippen MR) is 115 cm³/mol. The van der Waals surface area contributed by atoms with Crippen molar-refractivity contribution in [2.24, 2.45) is 0 Å². The molecule has 2 heterocycles. The Morgan fingerprint density at radius 1 is 1.13 bits per heavy atom. The fraction of sp³-hybridized carbons (Fsp3) is 0.591. The zero-order valence-corrected chi connectivity index (χ0v) is 17.8. The lowest BCUT2D eigenvalue weighted by Gasteiger charge is -2.36. The van der Waals surface area contributed by atoms with Gasteiger partial charge in [-0.1, -0.05) is 31.9 Å². The van der Waals surface area contributed by atoms with Crippen LogP contribution in [-0.4, -0.2) is 71.9 Å². The summed E-state index contributed by atoms with van der Waals surface area (Å²) in [6.07, 6.45) is 3.13. The molecule has 30 heavy (non-hydrogen) atoms. The van der Waals surface area contributed by atoms with E-state index < -0.39 is 17.6 Å². The molecular formula is C22H31N5O3. The van der Waals surface area contributed by atoms with E-state index in [1.165, 1.54) is 0 Å². The van der Waals surface area contributed by atoms with E-state index in [0.29, 0.717) is 18.5 Å². The highest BCUT2D eigenvalue weighted by Gasteiger charge is 2.54. The minimum Gasteiger partial charge on any atom is -0.367 e. The number of para-hydroxylation sites is 2.